The minimum absolute atomic E-state index is 0.306. The first-order chi connectivity index (χ1) is 15.2. The summed E-state index contributed by atoms with van der Waals surface area (Å²) in [5.74, 6) is 0.953. The third-order valence-electron chi connectivity index (χ3n) is 4.68. The van der Waals surface area contributed by atoms with Gasteiger partial charge < -0.3 is 10.1 Å². The number of hydrogen-bond donors (Lipinski definition) is 1. The van der Waals surface area contributed by atoms with E-state index >= 15 is 0 Å². The second-order valence-electron chi connectivity index (χ2n) is 6.71. The second kappa shape index (κ2) is 7.92. The van der Waals surface area contributed by atoms with Crippen LogP contribution in [-0.4, -0.2) is 48.4 Å². The summed E-state index contributed by atoms with van der Waals surface area (Å²) in [5.41, 5.74) is 3.85. The highest BCUT2D eigenvalue weighted by atomic mass is 19.1. The van der Waals surface area contributed by atoms with Gasteiger partial charge in [0.05, 0.1) is 0 Å². The van der Waals surface area contributed by atoms with Gasteiger partial charge in [0.1, 0.15) is 30.4 Å². The largest absolute Gasteiger partial charge is 0.365 e. The van der Waals surface area contributed by atoms with Crippen molar-refractivity contribution in [3.05, 3.63) is 73.1 Å². The fourth-order valence-electron chi connectivity index (χ4n) is 3.20. The number of aromatic nitrogens is 7. The van der Waals surface area contributed by atoms with E-state index in [1.54, 1.807) is 34.6 Å². The van der Waals surface area contributed by atoms with Crippen molar-refractivity contribution in [2.45, 2.75) is 0 Å². The number of benzene rings is 1. The van der Waals surface area contributed by atoms with Crippen LogP contribution >= 0.6 is 0 Å². The lowest BCUT2D eigenvalue weighted by molar-refractivity contribution is 0.221. The first-order valence-electron chi connectivity index (χ1n) is 9.43. The lowest BCUT2D eigenvalue weighted by atomic mass is 10.0. The topological polar surface area (TPSA) is 95.0 Å². The Balaban J connectivity index is 1.64. The van der Waals surface area contributed by atoms with Gasteiger partial charge in [-0.15, -0.1) is 15.3 Å². The van der Waals surface area contributed by atoms with Crippen LogP contribution in [0.1, 0.15) is 0 Å². The predicted molar refractivity (Wildman–Crippen MR) is 112 cm³/mol. The summed E-state index contributed by atoms with van der Waals surface area (Å²) in [6.45, 7) is 0.337. The Morgan fingerprint density at radius 2 is 1.90 bits per heavy atom. The molecule has 1 N–H and O–H groups in total. The zero-order valence-corrected chi connectivity index (χ0v) is 16.5. The van der Waals surface area contributed by atoms with E-state index in [0.717, 1.165) is 16.7 Å². The van der Waals surface area contributed by atoms with E-state index in [-0.39, 0.29) is 5.82 Å². The highest BCUT2D eigenvalue weighted by molar-refractivity contribution is 5.81. The Labute approximate surface area is 176 Å². The molecule has 154 valence electrons. The van der Waals surface area contributed by atoms with Gasteiger partial charge in [0.2, 0.25) is 0 Å². The number of hydrogen-bond acceptors (Lipinski definition) is 7. The van der Waals surface area contributed by atoms with Gasteiger partial charge in [-0.1, -0.05) is 0 Å². The van der Waals surface area contributed by atoms with Gasteiger partial charge in [0, 0.05) is 30.6 Å². The number of fused-ring (bicyclic) bond motifs is 1. The maximum absolute atomic E-state index is 13.5. The highest BCUT2D eigenvalue weighted by Crippen LogP contribution is 2.32. The summed E-state index contributed by atoms with van der Waals surface area (Å²) in [4.78, 5) is 4.31. The van der Waals surface area contributed by atoms with Crippen molar-refractivity contribution in [3.8, 4) is 28.2 Å². The van der Waals surface area contributed by atoms with Crippen LogP contribution in [0.3, 0.4) is 0 Å². The molecule has 0 aliphatic rings. The Hall–Kier alpha value is -4.18. The van der Waals surface area contributed by atoms with Gasteiger partial charge in [0.25, 0.3) is 0 Å². The molecule has 10 heteroatoms. The quantitative estimate of drug-likeness (QED) is 0.425. The number of nitrogens with one attached hydrogen (secondary N) is 1. The predicted octanol–water partition coefficient (Wildman–Crippen LogP) is 3.19. The molecule has 5 rings (SSSR count). The van der Waals surface area contributed by atoms with E-state index in [2.05, 4.69) is 25.6 Å². The molecular formula is C21H17FN8O. The van der Waals surface area contributed by atoms with E-state index in [1.165, 1.54) is 18.5 Å². The van der Waals surface area contributed by atoms with E-state index in [9.17, 15) is 4.39 Å². The Morgan fingerprint density at radius 1 is 1.03 bits per heavy atom. The number of nitrogens with zero attached hydrogens (tertiary/aromatic N) is 7. The van der Waals surface area contributed by atoms with Crippen LogP contribution < -0.4 is 5.32 Å². The van der Waals surface area contributed by atoms with Crippen LogP contribution in [0.15, 0.2) is 67.3 Å². The molecule has 5 aromatic rings. The van der Waals surface area contributed by atoms with Crippen molar-refractivity contribution in [1.29, 1.82) is 0 Å². The SMILES string of the molecule is COCNc1cc(-c2cn(-c3ccc4nncn4n3)nc2-c2ccc(F)cc2)ccn1. The molecule has 0 bridgehead atoms. The fraction of sp³-hybridized carbons (Fsp3) is 0.0952. The van der Waals surface area contributed by atoms with E-state index in [4.69, 9.17) is 9.84 Å². The number of pyridine rings is 1. The van der Waals surface area contributed by atoms with Gasteiger partial charge in [-0.25, -0.2) is 14.1 Å². The molecule has 0 amide bonds. The minimum Gasteiger partial charge on any atom is -0.365 e. The lowest BCUT2D eigenvalue weighted by Gasteiger charge is -2.07. The Bertz CT molecular complexity index is 1350. The van der Waals surface area contributed by atoms with Crippen LogP contribution in [-0.2, 0) is 4.74 Å². The van der Waals surface area contributed by atoms with Gasteiger partial charge in [-0.05, 0) is 54.1 Å². The maximum atomic E-state index is 13.5. The summed E-state index contributed by atoms with van der Waals surface area (Å²) in [5, 5.41) is 20.2. The molecule has 0 radical (unpaired) electrons. The molecule has 9 nitrogen and oxygen atoms in total. The number of rotatable bonds is 6. The maximum Gasteiger partial charge on any atom is 0.177 e. The van der Waals surface area contributed by atoms with Crippen LogP contribution in [0.5, 0.6) is 0 Å². The summed E-state index contributed by atoms with van der Waals surface area (Å²) < 4.78 is 21.8. The smallest absolute Gasteiger partial charge is 0.177 e. The Morgan fingerprint density at radius 3 is 2.74 bits per heavy atom. The standard InChI is InChI=1S/C21H17FN8O/c1-31-13-24-18-10-15(8-9-23-18)17-11-29(20-7-6-19-26-25-12-30(19)27-20)28-21(17)14-2-4-16(22)5-3-14/h2-12H,13H2,1H3,(H,23,24). The molecule has 0 spiro atoms. The van der Waals surface area contributed by atoms with Crippen molar-refractivity contribution in [2.75, 3.05) is 19.2 Å². The zero-order chi connectivity index (χ0) is 21.2. The number of halogens is 1. The van der Waals surface area contributed by atoms with Gasteiger partial charge >= 0.3 is 0 Å². The van der Waals surface area contributed by atoms with Gasteiger partial charge in [-0.3, -0.25) is 0 Å². The zero-order valence-electron chi connectivity index (χ0n) is 16.5. The van der Waals surface area contributed by atoms with Gasteiger partial charge in [0.15, 0.2) is 11.5 Å². The lowest BCUT2D eigenvalue weighted by Crippen LogP contribution is -2.04. The number of methoxy groups -OCH3 is 1. The summed E-state index contributed by atoms with van der Waals surface area (Å²) in [6.07, 6.45) is 5.12. The molecule has 1 aromatic carbocycles. The third kappa shape index (κ3) is 3.71. The molecule has 0 aliphatic carbocycles. The van der Waals surface area contributed by atoms with Crippen LogP contribution in [0.2, 0.25) is 0 Å². The second-order valence-corrected chi connectivity index (χ2v) is 6.71. The molecule has 4 heterocycles. The molecule has 0 atom stereocenters. The molecular weight excluding hydrogens is 399 g/mol. The monoisotopic (exact) mass is 416 g/mol. The molecule has 4 aromatic heterocycles. The first-order valence-corrected chi connectivity index (χ1v) is 9.43. The molecule has 0 saturated carbocycles. The van der Waals surface area contributed by atoms with Crippen LogP contribution in [0.4, 0.5) is 10.2 Å². The normalized spacial score (nSPS) is 11.2. The fourth-order valence-corrected chi connectivity index (χ4v) is 3.20. The Kier molecular flexibility index (Phi) is 4.81. The van der Waals surface area contributed by atoms with Crippen molar-refractivity contribution in [3.63, 3.8) is 0 Å². The van der Waals surface area contributed by atoms with Crippen LogP contribution in [0.25, 0.3) is 33.8 Å². The van der Waals surface area contributed by atoms with E-state index < -0.39 is 0 Å². The van der Waals surface area contributed by atoms with Crippen molar-refractivity contribution in [2.24, 2.45) is 0 Å². The minimum atomic E-state index is -0.306. The first kappa shape index (κ1) is 18.8. The average molecular weight is 416 g/mol. The summed E-state index contributed by atoms with van der Waals surface area (Å²) in [7, 11) is 1.60. The molecule has 0 saturated heterocycles. The van der Waals surface area contributed by atoms with Crippen molar-refractivity contribution < 1.29 is 9.13 Å². The van der Waals surface area contributed by atoms with E-state index in [0.29, 0.717) is 29.7 Å². The third-order valence-corrected chi connectivity index (χ3v) is 4.68. The number of anilines is 1. The van der Waals surface area contributed by atoms with E-state index in [1.807, 2.05) is 30.5 Å². The van der Waals surface area contributed by atoms with Crippen LogP contribution in [0, 0.1) is 5.82 Å². The average Bonchev–Trinajstić information content (AvgIpc) is 3.45. The van der Waals surface area contributed by atoms with Crippen molar-refractivity contribution >= 4 is 11.5 Å². The molecule has 0 fully saturated rings. The number of ether oxygens (including phenoxy) is 1. The van der Waals surface area contributed by atoms with Gasteiger partial charge in [-0.2, -0.15) is 9.61 Å². The molecule has 0 unspecified atom stereocenters. The molecule has 31 heavy (non-hydrogen) atoms. The van der Waals surface area contributed by atoms with Crippen molar-refractivity contribution in [1.82, 2.24) is 34.6 Å². The highest BCUT2D eigenvalue weighted by Gasteiger charge is 2.16. The molecule has 0 aliphatic heterocycles. The summed E-state index contributed by atoms with van der Waals surface area (Å²) >= 11 is 0. The summed E-state index contributed by atoms with van der Waals surface area (Å²) in [6, 6.07) is 13.7.